The number of halogens is 1. The van der Waals surface area contributed by atoms with Crippen LogP contribution in [0.5, 0.6) is 5.75 Å². The van der Waals surface area contributed by atoms with E-state index in [1.54, 1.807) is 0 Å². The molecule has 0 atom stereocenters. The van der Waals surface area contributed by atoms with Gasteiger partial charge in [-0.25, -0.2) is 4.39 Å². The van der Waals surface area contributed by atoms with Gasteiger partial charge in [-0.15, -0.1) is 0 Å². The molecule has 1 saturated heterocycles. The van der Waals surface area contributed by atoms with Gasteiger partial charge in [0.15, 0.2) is 0 Å². The maximum absolute atomic E-state index is 13.0. The van der Waals surface area contributed by atoms with Gasteiger partial charge >= 0.3 is 0 Å². The largest absolute Gasteiger partial charge is 0.508 e. The van der Waals surface area contributed by atoms with Crippen LogP contribution >= 0.6 is 0 Å². The summed E-state index contributed by atoms with van der Waals surface area (Å²) in [4.78, 5) is 13.5. The number of hydrogen-bond acceptors (Lipinski definition) is 3. The molecule has 1 aliphatic rings. The fourth-order valence-corrected chi connectivity index (χ4v) is 2.13. The van der Waals surface area contributed by atoms with E-state index in [1.807, 2.05) is 4.90 Å². The summed E-state index contributed by atoms with van der Waals surface area (Å²) >= 11 is 0. The van der Waals surface area contributed by atoms with Crippen molar-refractivity contribution in [3.63, 3.8) is 0 Å². The molecule has 1 aromatic rings. The first kappa shape index (κ1) is 12.8. The van der Waals surface area contributed by atoms with Crippen LogP contribution in [0.3, 0.4) is 0 Å². The Bertz CT molecular complexity index is 411. The first-order valence-corrected chi connectivity index (χ1v) is 6.12. The van der Waals surface area contributed by atoms with Crippen LogP contribution in [0.2, 0.25) is 0 Å². The monoisotopic (exact) mass is 252 g/mol. The molecule has 1 heterocycles. The quantitative estimate of drug-likeness (QED) is 0.847. The SMILES string of the molecule is O=C(CNCc1cc(O)cc(F)c1)N1CCCC1. The van der Waals surface area contributed by atoms with Crippen molar-refractivity contribution in [1.29, 1.82) is 0 Å². The van der Waals surface area contributed by atoms with Gasteiger partial charge in [0.1, 0.15) is 11.6 Å². The van der Waals surface area contributed by atoms with Gasteiger partial charge in [0, 0.05) is 25.7 Å². The number of hydrogen-bond donors (Lipinski definition) is 2. The maximum atomic E-state index is 13.0. The van der Waals surface area contributed by atoms with Gasteiger partial charge in [0.05, 0.1) is 6.54 Å². The minimum Gasteiger partial charge on any atom is -0.508 e. The summed E-state index contributed by atoms with van der Waals surface area (Å²) in [6.07, 6.45) is 2.15. The molecule has 0 radical (unpaired) electrons. The second-order valence-corrected chi connectivity index (χ2v) is 4.51. The average Bonchev–Trinajstić information content (AvgIpc) is 2.80. The third-order valence-corrected chi connectivity index (χ3v) is 3.01. The molecule has 0 aromatic heterocycles. The van der Waals surface area contributed by atoms with E-state index in [1.165, 1.54) is 12.1 Å². The Kier molecular flexibility index (Phi) is 4.15. The first-order valence-electron chi connectivity index (χ1n) is 6.12. The Balaban J connectivity index is 1.79. The molecule has 18 heavy (non-hydrogen) atoms. The van der Waals surface area contributed by atoms with Crippen LogP contribution in [0.25, 0.3) is 0 Å². The highest BCUT2D eigenvalue weighted by atomic mass is 19.1. The molecule has 1 aromatic carbocycles. The average molecular weight is 252 g/mol. The minimum atomic E-state index is -0.474. The summed E-state index contributed by atoms with van der Waals surface area (Å²) in [7, 11) is 0. The molecule has 98 valence electrons. The van der Waals surface area contributed by atoms with Crippen molar-refractivity contribution >= 4 is 5.91 Å². The smallest absolute Gasteiger partial charge is 0.236 e. The fourth-order valence-electron chi connectivity index (χ4n) is 2.13. The van der Waals surface area contributed by atoms with Crippen LogP contribution < -0.4 is 5.32 Å². The van der Waals surface area contributed by atoms with E-state index in [2.05, 4.69) is 5.32 Å². The molecule has 2 N–H and O–H groups in total. The van der Waals surface area contributed by atoms with Crippen molar-refractivity contribution < 1.29 is 14.3 Å². The first-order chi connectivity index (χ1) is 8.65. The lowest BCUT2D eigenvalue weighted by atomic mass is 10.2. The second kappa shape index (κ2) is 5.82. The highest BCUT2D eigenvalue weighted by Crippen LogP contribution is 2.14. The van der Waals surface area contributed by atoms with Crippen LogP contribution in [0.1, 0.15) is 18.4 Å². The third kappa shape index (κ3) is 3.43. The predicted molar refractivity (Wildman–Crippen MR) is 65.6 cm³/mol. The van der Waals surface area contributed by atoms with E-state index in [-0.39, 0.29) is 18.2 Å². The van der Waals surface area contributed by atoms with E-state index in [9.17, 15) is 14.3 Å². The number of aromatic hydroxyl groups is 1. The number of benzene rings is 1. The van der Waals surface area contributed by atoms with Crippen molar-refractivity contribution in [3.8, 4) is 5.75 Å². The zero-order valence-electron chi connectivity index (χ0n) is 10.2. The predicted octanol–water partition coefficient (Wildman–Crippen LogP) is 1.24. The highest BCUT2D eigenvalue weighted by molar-refractivity contribution is 5.78. The maximum Gasteiger partial charge on any atom is 0.236 e. The summed E-state index contributed by atoms with van der Waals surface area (Å²) in [5.41, 5.74) is 0.627. The number of carbonyl (C=O) groups is 1. The molecule has 0 aliphatic carbocycles. The van der Waals surface area contributed by atoms with Crippen molar-refractivity contribution in [3.05, 3.63) is 29.6 Å². The van der Waals surface area contributed by atoms with E-state index < -0.39 is 5.82 Å². The molecule has 1 aliphatic heterocycles. The van der Waals surface area contributed by atoms with Gasteiger partial charge in [0.25, 0.3) is 0 Å². The summed E-state index contributed by atoms with van der Waals surface area (Å²) in [5.74, 6) is -0.497. The van der Waals surface area contributed by atoms with Gasteiger partial charge in [0.2, 0.25) is 5.91 Å². The van der Waals surface area contributed by atoms with E-state index >= 15 is 0 Å². The number of nitrogens with zero attached hydrogens (tertiary/aromatic N) is 1. The third-order valence-electron chi connectivity index (χ3n) is 3.01. The Labute approximate surface area is 105 Å². The fraction of sp³-hybridized carbons (Fsp3) is 0.462. The van der Waals surface area contributed by atoms with Gasteiger partial charge in [-0.1, -0.05) is 0 Å². The Morgan fingerprint density at radius 2 is 2.06 bits per heavy atom. The molecular formula is C13H17FN2O2. The van der Waals surface area contributed by atoms with Gasteiger partial charge in [-0.3, -0.25) is 4.79 Å². The summed E-state index contributed by atoms with van der Waals surface area (Å²) in [5, 5.41) is 12.2. The Morgan fingerprint density at radius 3 is 2.72 bits per heavy atom. The van der Waals surface area contributed by atoms with Crippen LogP contribution in [0.4, 0.5) is 4.39 Å². The molecule has 4 nitrogen and oxygen atoms in total. The molecule has 0 bridgehead atoms. The zero-order valence-corrected chi connectivity index (χ0v) is 10.2. The molecule has 1 amide bonds. The standard InChI is InChI=1S/C13H17FN2O2/c14-11-5-10(6-12(17)7-11)8-15-9-13(18)16-3-1-2-4-16/h5-7,15,17H,1-4,8-9H2. The van der Waals surface area contributed by atoms with Gasteiger partial charge < -0.3 is 15.3 Å². The van der Waals surface area contributed by atoms with Crippen LogP contribution in [0.15, 0.2) is 18.2 Å². The van der Waals surface area contributed by atoms with Crippen LogP contribution in [0, 0.1) is 5.82 Å². The summed E-state index contributed by atoms with van der Waals surface area (Å²) in [6, 6.07) is 3.88. The normalized spacial score (nSPS) is 15.1. The van der Waals surface area contributed by atoms with Crippen molar-refractivity contribution in [1.82, 2.24) is 10.2 Å². The lowest BCUT2D eigenvalue weighted by Gasteiger charge is -2.15. The Morgan fingerprint density at radius 1 is 1.33 bits per heavy atom. The number of phenolic OH excluding ortho intramolecular Hbond substituents is 1. The minimum absolute atomic E-state index is 0.0770. The molecule has 2 rings (SSSR count). The Hall–Kier alpha value is -1.62. The highest BCUT2D eigenvalue weighted by Gasteiger charge is 2.16. The second-order valence-electron chi connectivity index (χ2n) is 4.51. The summed E-state index contributed by atoms with van der Waals surface area (Å²) < 4.78 is 13.0. The lowest BCUT2D eigenvalue weighted by molar-refractivity contribution is -0.129. The van der Waals surface area contributed by atoms with E-state index in [0.29, 0.717) is 12.1 Å². The number of carbonyl (C=O) groups excluding carboxylic acids is 1. The zero-order chi connectivity index (χ0) is 13.0. The number of phenols is 1. The van der Waals surface area contributed by atoms with Crippen molar-refractivity contribution in [2.45, 2.75) is 19.4 Å². The van der Waals surface area contributed by atoms with E-state index in [0.717, 1.165) is 32.0 Å². The molecule has 0 unspecified atom stereocenters. The van der Waals surface area contributed by atoms with Gasteiger partial charge in [-0.2, -0.15) is 0 Å². The summed E-state index contributed by atoms with van der Waals surface area (Å²) in [6.45, 7) is 2.28. The van der Waals surface area contributed by atoms with Crippen LogP contribution in [-0.4, -0.2) is 35.5 Å². The van der Waals surface area contributed by atoms with E-state index in [4.69, 9.17) is 0 Å². The number of rotatable bonds is 4. The van der Waals surface area contributed by atoms with Crippen molar-refractivity contribution in [2.24, 2.45) is 0 Å². The molecule has 5 heteroatoms. The van der Waals surface area contributed by atoms with Crippen molar-refractivity contribution in [2.75, 3.05) is 19.6 Å². The molecule has 1 fully saturated rings. The van der Waals surface area contributed by atoms with Crippen LogP contribution in [-0.2, 0) is 11.3 Å². The lowest BCUT2D eigenvalue weighted by Crippen LogP contribution is -2.35. The van der Waals surface area contributed by atoms with Gasteiger partial charge in [-0.05, 0) is 30.5 Å². The molecular weight excluding hydrogens is 235 g/mol. The topological polar surface area (TPSA) is 52.6 Å². The number of amides is 1. The number of likely N-dealkylation sites (tertiary alicyclic amines) is 1. The molecule has 0 spiro atoms. The molecule has 0 saturated carbocycles. The number of nitrogens with one attached hydrogen (secondary N) is 1.